The first-order valence-electron chi connectivity index (χ1n) is 12.9. The van der Waals surface area contributed by atoms with Gasteiger partial charge < -0.3 is 9.47 Å². The summed E-state index contributed by atoms with van der Waals surface area (Å²) in [5.74, 6) is -1.41. The van der Waals surface area contributed by atoms with E-state index in [4.69, 9.17) is 9.47 Å². The van der Waals surface area contributed by atoms with E-state index in [1.165, 1.54) is 57.8 Å². The van der Waals surface area contributed by atoms with Crippen molar-refractivity contribution < 1.29 is 27.0 Å². The summed E-state index contributed by atoms with van der Waals surface area (Å²) >= 11 is 0. The standard InChI is InChI=1S/C27H40F4O2/c1-32-18-6-4-2-3-5-7-20-8-10-21(11-9-20)22-12-14-23(15-13-22)27(30,31)33-24-16-17-25(28)26(29)19-24/h16-17,19-23H,2-15,18H2,1H3. The molecule has 0 bridgehead atoms. The van der Waals surface area contributed by atoms with Crippen LogP contribution >= 0.6 is 0 Å². The molecule has 0 heterocycles. The van der Waals surface area contributed by atoms with Gasteiger partial charge in [-0.15, -0.1) is 0 Å². The van der Waals surface area contributed by atoms with Gasteiger partial charge in [0, 0.05) is 19.8 Å². The molecule has 1 aromatic carbocycles. The van der Waals surface area contributed by atoms with Gasteiger partial charge >= 0.3 is 6.11 Å². The fourth-order valence-corrected chi connectivity index (χ4v) is 5.87. The summed E-state index contributed by atoms with van der Waals surface area (Å²) in [7, 11) is 1.76. The SMILES string of the molecule is COCCCCCCCC1CCC(C2CCC(C(F)(F)Oc3ccc(F)c(F)c3)CC2)CC1. The number of benzene rings is 1. The van der Waals surface area contributed by atoms with Gasteiger partial charge in [0.15, 0.2) is 11.6 Å². The Balaban J connectivity index is 1.33. The third-order valence-electron chi connectivity index (χ3n) is 7.91. The molecule has 0 aromatic heterocycles. The molecule has 3 rings (SSSR count). The number of methoxy groups -OCH3 is 1. The van der Waals surface area contributed by atoms with Crippen molar-refractivity contribution in [2.24, 2.45) is 23.7 Å². The molecule has 0 radical (unpaired) electrons. The minimum atomic E-state index is -3.36. The molecule has 0 N–H and O–H groups in total. The van der Waals surface area contributed by atoms with E-state index in [0.29, 0.717) is 30.7 Å². The van der Waals surface area contributed by atoms with Gasteiger partial charge in [-0.25, -0.2) is 8.78 Å². The van der Waals surface area contributed by atoms with Crippen molar-refractivity contribution in [3.8, 4) is 5.75 Å². The minimum absolute atomic E-state index is 0.325. The second-order valence-corrected chi connectivity index (χ2v) is 10.2. The number of hydrogen-bond donors (Lipinski definition) is 0. The minimum Gasteiger partial charge on any atom is -0.432 e. The first kappa shape index (κ1) is 26.3. The zero-order chi connectivity index (χ0) is 23.7. The lowest BCUT2D eigenvalue weighted by Gasteiger charge is -2.39. The molecule has 1 aromatic rings. The number of ether oxygens (including phenoxy) is 2. The van der Waals surface area contributed by atoms with E-state index >= 15 is 0 Å². The highest BCUT2D eigenvalue weighted by molar-refractivity contribution is 5.24. The highest BCUT2D eigenvalue weighted by atomic mass is 19.3. The van der Waals surface area contributed by atoms with Crippen molar-refractivity contribution in [2.45, 2.75) is 96.0 Å². The first-order chi connectivity index (χ1) is 15.9. The van der Waals surface area contributed by atoms with Gasteiger partial charge in [0.05, 0.1) is 5.92 Å². The fourth-order valence-electron chi connectivity index (χ4n) is 5.87. The molecule has 6 heteroatoms. The summed E-state index contributed by atoms with van der Waals surface area (Å²) in [6, 6.07) is 2.56. The molecule has 0 amide bonds. The Kier molecular flexibility index (Phi) is 10.3. The molecule has 2 nitrogen and oxygen atoms in total. The molecule has 188 valence electrons. The Labute approximate surface area is 196 Å². The van der Waals surface area contributed by atoms with Gasteiger partial charge in [-0.1, -0.05) is 44.9 Å². The van der Waals surface area contributed by atoms with Crippen LogP contribution in [0.15, 0.2) is 18.2 Å². The van der Waals surface area contributed by atoms with Gasteiger partial charge in [0.1, 0.15) is 5.75 Å². The zero-order valence-electron chi connectivity index (χ0n) is 20.0. The first-order valence-corrected chi connectivity index (χ1v) is 12.9. The molecule has 0 spiro atoms. The Hall–Kier alpha value is -1.30. The van der Waals surface area contributed by atoms with E-state index in [9.17, 15) is 17.6 Å². The van der Waals surface area contributed by atoms with Crippen molar-refractivity contribution in [1.29, 1.82) is 0 Å². The molecule has 33 heavy (non-hydrogen) atoms. The Morgan fingerprint density at radius 1 is 0.788 bits per heavy atom. The summed E-state index contributed by atoms with van der Waals surface area (Å²) in [5, 5.41) is 0. The van der Waals surface area contributed by atoms with Gasteiger partial charge in [0.2, 0.25) is 0 Å². The molecule has 2 aliphatic carbocycles. The molecule has 2 saturated carbocycles. The van der Waals surface area contributed by atoms with Crippen LogP contribution in [0.4, 0.5) is 17.6 Å². The maximum Gasteiger partial charge on any atom is 0.400 e. The summed E-state index contributed by atoms with van der Waals surface area (Å²) in [6.45, 7) is 0.866. The second-order valence-electron chi connectivity index (χ2n) is 10.2. The van der Waals surface area contributed by atoms with Crippen LogP contribution in [0.25, 0.3) is 0 Å². The van der Waals surface area contributed by atoms with E-state index < -0.39 is 23.7 Å². The second kappa shape index (κ2) is 13.0. The molecule has 2 aliphatic rings. The third-order valence-corrected chi connectivity index (χ3v) is 7.91. The molecule has 0 aliphatic heterocycles. The number of hydrogen-bond acceptors (Lipinski definition) is 2. The highest BCUT2D eigenvalue weighted by Gasteiger charge is 2.45. The Bertz CT molecular complexity index is 695. The van der Waals surface area contributed by atoms with Gasteiger partial charge in [-0.05, 0) is 74.8 Å². The van der Waals surface area contributed by atoms with Crippen molar-refractivity contribution in [2.75, 3.05) is 13.7 Å². The van der Waals surface area contributed by atoms with E-state index in [-0.39, 0.29) is 5.75 Å². The smallest absolute Gasteiger partial charge is 0.400 e. The summed E-state index contributed by atoms with van der Waals surface area (Å²) < 4.78 is 65.5. The molecule has 0 atom stereocenters. The van der Waals surface area contributed by atoms with Gasteiger partial charge in [-0.2, -0.15) is 8.78 Å². The average molecular weight is 473 g/mol. The van der Waals surface area contributed by atoms with E-state index in [1.807, 2.05) is 0 Å². The maximum atomic E-state index is 14.6. The molecule has 0 saturated heterocycles. The lowest BCUT2D eigenvalue weighted by molar-refractivity contribution is -0.224. The van der Waals surface area contributed by atoms with Crippen LogP contribution in [-0.4, -0.2) is 19.8 Å². The monoisotopic (exact) mass is 472 g/mol. The molecular formula is C27H40F4O2. The fraction of sp³-hybridized carbons (Fsp3) is 0.778. The average Bonchev–Trinajstić information content (AvgIpc) is 2.81. The van der Waals surface area contributed by atoms with Gasteiger partial charge in [0.25, 0.3) is 0 Å². The van der Waals surface area contributed by atoms with E-state index in [1.54, 1.807) is 7.11 Å². The zero-order valence-corrected chi connectivity index (χ0v) is 20.0. The van der Waals surface area contributed by atoms with Crippen LogP contribution in [0, 0.1) is 35.3 Å². The normalized spacial score (nSPS) is 26.3. The quantitative estimate of drug-likeness (QED) is 0.224. The van der Waals surface area contributed by atoms with Crippen molar-refractivity contribution in [1.82, 2.24) is 0 Å². The molecule has 2 fully saturated rings. The summed E-state index contributed by atoms with van der Waals surface area (Å²) in [4.78, 5) is 0. The van der Waals surface area contributed by atoms with Crippen molar-refractivity contribution >= 4 is 0 Å². The van der Waals surface area contributed by atoms with Crippen molar-refractivity contribution in [3.63, 3.8) is 0 Å². The Morgan fingerprint density at radius 2 is 1.39 bits per heavy atom. The van der Waals surface area contributed by atoms with Crippen LogP contribution in [-0.2, 0) is 4.74 Å². The number of rotatable bonds is 12. The maximum absolute atomic E-state index is 14.6. The number of alkyl halides is 2. The number of halogens is 4. The van der Waals surface area contributed by atoms with Crippen LogP contribution in [0.5, 0.6) is 5.75 Å². The van der Waals surface area contributed by atoms with E-state index in [0.717, 1.165) is 43.9 Å². The Morgan fingerprint density at radius 3 is 2.03 bits per heavy atom. The largest absolute Gasteiger partial charge is 0.432 e. The van der Waals surface area contributed by atoms with Crippen LogP contribution in [0.2, 0.25) is 0 Å². The van der Waals surface area contributed by atoms with Gasteiger partial charge in [-0.3, -0.25) is 0 Å². The molecule has 0 unspecified atom stereocenters. The number of unbranched alkanes of at least 4 members (excludes halogenated alkanes) is 4. The predicted octanol–water partition coefficient (Wildman–Crippen LogP) is 8.54. The summed E-state index contributed by atoms with van der Waals surface area (Å²) in [5.41, 5.74) is 0. The third kappa shape index (κ3) is 8.15. The molecular weight excluding hydrogens is 432 g/mol. The highest BCUT2D eigenvalue weighted by Crippen LogP contribution is 2.46. The van der Waals surface area contributed by atoms with E-state index in [2.05, 4.69) is 0 Å². The topological polar surface area (TPSA) is 18.5 Å². The van der Waals surface area contributed by atoms with Crippen LogP contribution in [0.3, 0.4) is 0 Å². The lowest BCUT2D eigenvalue weighted by Crippen LogP contribution is -2.38. The van der Waals surface area contributed by atoms with Crippen LogP contribution < -0.4 is 4.74 Å². The van der Waals surface area contributed by atoms with Crippen molar-refractivity contribution in [3.05, 3.63) is 29.8 Å². The summed E-state index contributed by atoms with van der Waals surface area (Å²) in [6.07, 6.45) is 11.8. The predicted molar refractivity (Wildman–Crippen MR) is 122 cm³/mol. The van der Waals surface area contributed by atoms with Crippen LogP contribution in [0.1, 0.15) is 89.9 Å². The lowest BCUT2D eigenvalue weighted by atomic mass is 9.68.